The lowest BCUT2D eigenvalue weighted by Crippen LogP contribution is -2.67. The van der Waals surface area contributed by atoms with Gasteiger partial charge >= 0.3 is 6.09 Å². The second-order valence-corrected chi connectivity index (χ2v) is 5.72. The van der Waals surface area contributed by atoms with Crippen molar-refractivity contribution in [1.82, 2.24) is 26.0 Å². The van der Waals surface area contributed by atoms with Crippen LogP contribution in [0.15, 0.2) is 10.6 Å². The third kappa shape index (κ3) is 4.83. The van der Waals surface area contributed by atoms with Crippen LogP contribution in [0.5, 0.6) is 0 Å². The molecule has 2 heterocycles. The predicted octanol–water partition coefficient (Wildman–Crippen LogP) is -0.0241. The molecule has 0 saturated carbocycles. The molecule has 1 fully saturated rings. The average molecular weight is 362 g/mol. The minimum atomic E-state index is -0.524. The van der Waals surface area contributed by atoms with Gasteiger partial charge in [0, 0.05) is 38.2 Å². The van der Waals surface area contributed by atoms with Crippen LogP contribution in [0.3, 0.4) is 0 Å². The van der Waals surface area contributed by atoms with Gasteiger partial charge in [-0.25, -0.2) is 4.79 Å². The van der Waals surface area contributed by atoms with E-state index in [0.29, 0.717) is 12.4 Å². The van der Waals surface area contributed by atoms with Crippen molar-refractivity contribution in [1.29, 1.82) is 0 Å². The summed E-state index contributed by atoms with van der Waals surface area (Å²) in [6.07, 6.45) is 0.243. The second kappa shape index (κ2) is 8.86. The smallest absolute Gasteiger partial charge is 0.407 e. The summed E-state index contributed by atoms with van der Waals surface area (Å²) < 4.78 is 10.1. The molecule has 0 aromatic carbocycles. The second-order valence-electron chi connectivity index (χ2n) is 5.72. The third-order valence-corrected chi connectivity index (χ3v) is 4.08. The Hall–Kier alpha value is -1.84. The monoisotopic (exact) mass is 361 g/mol. The van der Waals surface area contributed by atoms with E-state index in [2.05, 4.69) is 26.0 Å². The Morgan fingerprint density at radius 3 is 2.71 bits per heavy atom. The highest BCUT2D eigenvalue weighted by Crippen LogP contribution is 2.21. The fraction of sp³-hybridized carbons (Fsp3) is 0.643. The first-order chi connectivity index (χ1) is 11.0. The molecule has 1 aliphatic heterocycles. The Bertz CT molecular complexity index is 559. The Morgan fingerprint density at radius 1 is 1.46 bits per heavy atom. The first kappa shape index (κ1) is 20.2. The van der Waals surface area contributed by atoms with Crippen molar-refractivity contribution in [2.45, 2.75) is 18.5 Å². The van der Waals surface area contributed by atoms with Crippen molar-refractivity contribution in [3.63, 3.8) is 0 Å². The summed E-state index contributed by atoms with van der Waals surface area (Å²) in [4.78, 5) is 25.2. The molecule has 24 heavy (non-hydrogen) atoms. The minimum Gasteiger partial charge on any atom is -0.449 e. The number of nitrogens with one attached hydrogen (secondary N) is 3. The average Bonchev–Trinajstić information content (AvgIpc) is 2.95. The number of rotatable bonds is 7. The fourth-order valence-electron chi connectivity index (χ4n) is 2.31. The van der Waals surface area contributed by atoms with Crippen LogP contribution in [0.2, 0.25) is 0 Å². The number of nitrogens with zero attached hydrogens (tertiary/aromatic N) is 2. The number of hydrogen-bond donors (Lipinski definition) is 3. The number of alkyl carbamates (subject to hydrolysis) is 1. The molecule has 136 valence electrons. The van der Waals surface area contributed by atoms with E-state index in [-0.39, 0.29) is 36.1 Å². The van der Waals surface area contributed by atoms with Gasteiger partial charge in [-0.1, -0.05) is 5.16 Å². The van der Waals surface area contributed by atoms with E-state index in [0.717, 1.165) is 19.5 Å². The van der Waals surface area contributed by atoms with Crippen LogP contribution >= 0.6 is 12.4 Å². The zero-order chi connectivity index (χ0) is 16.9. The van der Waals surface area contributed by atoms with Crippen LogP contribution < -0.4 is 16.0 Å². The van der Waals surface area contributed by atoms with Crippen molar-refractivity contribution in [3.8, 4) is 0 Å². The SMILES string of the molecule is CNC(=O)c1cc(CNC(=O)OCCC2(N(C)C)CNC2)on1.Cl. The van der Waals surface area contributed by atoms with E-state index in [1.807, 2.05) is 14.1 Å². The molecule has 0 unspecified atom stereocenters. The topological polar surface area (TPSA) is 109 Å². The Morgan fingerprint density at radius 2 is 2.17 bits per heavy atom. The molecule has 3 N–H and O–H groups in total. The van der Waals surface area contributed by atoms with Crippen LogP contribution in [-0.4, -0.2) is 68.4 Å². The van der Waals surface area contributed by atoms with Gasteiger partial charge in [0.2, 0.25) is 0 Å². The van der Waals surface area contributed by atoms with E-state index < -0.39 is 6.09 Å². The van der Waals surface area contributed by atoms with Gasteiger partial charge in [-0.2, -0.15) is 0 Å². The number of carbonyl (C=O) groups is 2. The molecule has 1 saturated heterocycles. The lowest BCUT2D eigenvalue weighted by Gasteiger charge is -2.47. The molecular formula is C14H24ClN5O4. The maximum Gasteiger partial charge on any atom is 0.407 e. The van der Waals surface area contributed by atoms with Gasteiger partial charge in [0.15, 0.2) is 11.5 Å². The summed E-state index contributed by atoms with van der Waals surface area (Å²) in [5.74, 6) is 0.0409. The Balaban J connectivity index is 0.00000288. The predicted molar refractivity (Wildman–Crippen MR) is 89.2 cm³/mol. The van der Waals surface area contributed by atoms with E-state index in [1.54, 1.807) is 0 Å². The highest BCUT2D eigenvalue weighted by atomic mass is 35.5. The van der Waals surface area contributed by atoms with E-state index in [1.165, 1.54) is 13.1 Å². The number of carbonyl (C=O) groups excluding carboxylic acids is 2. The zero-order valence-corrected chi connectivity index (χ0v) is 14.9. The van der Waals surface area contributed by atoms with Gasteiger partial charge in [-0.15, -0.1) is 12.4 Å². The summed E-state index contributed by atoms with van der Waals surface area (Å²) in [5, 5.41) is 11.8. The summed E-state index contributed by atoms with van der Waals surface area (Å²) in [5.41, 5.74) is 0.233. The standard InChI is InChI=1S/C14H23N5O4.ClH/c1-15-12(20)11-6-10(23-18-11)7-17-13(21)22-5-4-14(19(2)3)8-16-9-14;/h6,16H,4-5,7-9H2,1-3H3,(H,15,20)(H,17,21);1H. The molecule has 1 aliphatic rings. The van der Waals surface area contributed by atoms with Crippen molar-refractivity contribution in [3.05, 3.63) is 17.5 Å². The zero-order valence-electron chi connectivity index (χ0n) is 14.0. The van der Waals surface area contributed by atoms with Crippen molar-refractivity contribution in [2.24, 2.45) is 0 Å². The molecule has 1 aromatic rings. The highest BCUT2D eigenvalue weighted by Gasteiger charge is 2.38. The maximum atomic E-state index is 11.7. The van der Waals surface area contributed by atoms with Gasteiger partial charge in [0.05, 0.1) is 13.2 Å². The van der Waals surface area contributed by atoms with E-state index in [4.69, 9.17) is 9.26 Å². The Labute approximate surface area is 146 Å². The lowest BCUT2D eigenvalue weighted by molar-refractivity contribution is 0.0483. The molecule has 0 atom stereocenters. The lowest BCUT2D eigenvalue weighted by atomic mass is 9.88. The van der Waals surface area contributed by atoms with Crippen LogP contribution in [0.4, 0.5) is 4.79 Å². The summed E-state index contributed by atoms with van der Waals surface area (Å²) in [6.45, 7) is 2.24. The van der Waals surface area contributed by atoms with Crippen LogP contribution in [0.25, 0.3) is 0 Å². The largest absolute Gasteiger partial charge is 0.449 e. The number of halogens is 1. The van der Waals surface area contributed by atoms with E-state index in [9.17, 15) is 9.59 Å². The normalized spacial score (nSPS) is 15.2. The molecule has 9 nitrogen and oxygen atoms in total. The first-order valence-electron chi connectivity index (χ1n) is 7.43. The number of aromatic nitrogens is 1. The number of amides is 2. The fourth-order valence-corrected chi connectivity index (χ4v) is 2.31. The molecule has 0 aliphatic carbocycles. The summed E-state index contributed by atoms with van der Waals surface area (Å²) >= 11 is 0. The molecule has 0 bridgehead atoms. The molecule has 10 heteroatoms. The van der Waals surface area contributed by atoms with Gasteiger partial charge in [0.1, 0.15) is 0 Å². The van der Waals surface area contributed by atoms with Gasteiger partial charge < -0.3 is 30.1 Å². The molecule has 0 spiro atoms. The van der Waals surface area contributed by atoms with Crippen LogP contribution in [0.1, 0.15) is 22.7 Å². The maximum absolute atomic E-state index is 11.7. The van der Waals surface area contributed by atoms with Crippen LogP contribution in [-0.2, 0) is 11.3 Å². The van der Waals surface area contributed by atoms with Gasteiger partial charge in [-0.3, -0.25) is 4.79 Å². The molecule has 2 rings (SSSR count). The molecule has 0 radical (unpaired) electrons. The van der Waals surface area contributed by atoms with Crippen LogP contribution in [0, 0.1) is 0 Å². The van der Waals surface area contributed by atoms with Crippen molar-refractivity contribution >= 4 is 24.4 Å². The highest BCUT2D eigenvalue weighted by molar-refractivity contribution is 5.91. The number of ether oxygens (including phenoxy) is 1. The third-order valence-electron chi connectivity index (χ3n) is 4.08. The van der Waals surface area contributed by atoms with E-state index >= 15 is 0 Å². The van der Waals surface area contributed by atoms with Gasteiger partial charge in [0.25, 0.3) is 5.91 Å². The number of likely N-dealkylation sites (N-methyl/N-ethyl adjacent to an activating group) is 1. The summed E-state index contributed by atoms with van der Waals surface area (Å²) in [7, 11) is 5.55. The summed E-state index contributed by atoms with van der Waals surface area (Å²) in [6, 6.07) is 1.47. The first-order valence-corrected chi connectivity index (χ1v) is 7.43. The molecule has 1 aromatic heterocycles. The van der Waals surface area contributed by atoms with Crippen molar-refractivity contribution < 1.29 is 18.8 Å². The quantitative estimate of drug-likeness (QED) is 0.626. The molecular weight excluding hydrogens is 338 g/mol. The number of hydrogen-bond acceptors (Lipinski definition) is 7. The van der Waals surface area contributed by atoms with Crippen molar-refractivity contribution in [2.75, 3.05) is 40.8 Å². The molecule has 2 amide bonds. The Kier molecular flexibility index (Phi) is 7.46. The van der Waals surface area contributed by atoms with Gasteiger partial charge in [-0.05, 0) is 14.1 Å². The minimum absolute atomic E-state index is 0.